The van der Waals surface area contributed by atoms with Crippen LogP contribution in [0.25, 0.3) is 6.08 Å². The molecule has 3 rings (SSSR count). The fourth-order valence-electron chi connectivity index (χ4n) is 2.40. The molecule has 0 radical (unpaired) electrons. The highest BCUT2D eigenvalue weighted by Crippen LogP contribution is 2.32. The minimum atomic E-state index is -0.678. The molecule has 1 amide bonds. The second-order valence-electron chi connectivity index (χ2n) is 5.30. The highest BCUT2D eigenvalue weighted by Gasteiger charge is 2.17. The zero-order valence-corrected chi connectivity index (χ0v) is 13.5. The van der Waals surface area contributed by atoms with Crippen LogP contribution in [0.3, 0.4) is 0 Å². The van der Waals surface area contributed by atoms with E-state index in [-0.39, 0.29) is 16.8 Å². The summed E-state index contributed by atoms with van der Waals surface area (Å²) in [6.07, 6.45) is 1.19. The summed E-state index contributed by atoms with van der Waals surface area (Å²) in [5, 5.41) is 22.9. The zero-order valence-electron chi connectivity index (χ0n) is 13.5. The van der Waals surface area contributed by atoms with Crippen molar-refractivity contribution in [3.05, 3.63) is 63.7 Å². The van der Waals surface area contributed by atoms with Gasteiger partial charge in [-0.3, -0.25) is 14.9 Å². The molecule has 0 atom stereocenters. The fourth-order valence-corrected chi connectivity index (χ4v) is 2.40. The van der Waals surface area contributed by atoms with Gasteiger partial charge in [-0.25, -0.2) is 0 Å². The normalized spacial score (nSPS) is 12.8. The van der Waals surface area contributed by atoms with Crippen LogP contribution in [-0.2, 0) is 4.79 Å². The van der Waals surface area contributed by atoms with Gasteiger partial charge in [0.15, 0.2) is 11.5 Å². The predicted molar refractivity (Wildman–Crippen MR) is 92.7 cm³/mol. The molecular formula is C18H13N3O5. The van der Waals surface area contributed by atoms with E-state index in [1.165, 1.54) is 24.3 Å². The number of ether oxygens (including phenoxy) is 2. The average Bonchev–Trinajstić information content (AvgIpc) is 2.66. The second-order valence-corrected chi connectivity index (χ2v) is 5.30. The van der Waals surface area contributed by atoms with E-state index in [9.17, 15) is 20.2 Å². The van der Waals surface area contributed by atoms with Gasteiger partial charge >= 0.3 is 0 Å². The quantitative estimate of drug-likeness (QED) is 0.392. The van der Waals surface area contributed by atoms with Crippen LogP contribution in [0.4, 0.5) is 11.4 Å². The lowest BCUT2D eigenvalue weighted by Gasteiger charge is -2.18. The van der Waals surface area contributed by atoms with E-state index in [2.05, 4.69) is 5.32 Å². The van der Waals surface area contributed by atoms with E-state index in [0.717, 1.165) is 0 Å². The van der Waals surface area contributed by atoms with Gasteiger partial charge in [-0.05, 0) is 24.3 Å². The molecule has 1 aliphatic rings. The number of nitro benzene ring substituents is 1. The number of carbonyl (C=O) groups excluding carboxylic acids is 1. The van der Waals surface area contributed by atoms with Gasteiger partial charge in [0.2, 0.25) is 0 Å². The van der Waals surface area contributed by atoms with E-state index in [4.69, 9.17) is 9.47 Å². The van der Waals surface area contributed by atoms with Crippen LogP contribution in [0.15, 0.2) is 48.0 Å². The SMILES string of the molecule is N#CC(=Cc1ccccc1[N+](=O)[O-])C(=O)Nc1ccc2c(c1)OCCO2. The Morgan fingerprint density at radius 3 is 2.65 bits per heavy atom. The third-order valence-corrected chi connectivity index (χ3v) is 3.60. The van der Waals surface area contributed by atoms with Gasteiger partial charge < -0.3 is 14.8 Å². The van der Waals surface area contributed by atoms with Crippen molar-refractivity contribution >= 4 is 23.4 Å². The van der Waals surface area contributed by atoms with Crippen LogP contribution in [0.5, 0.6) is 11.5 Å². The van der Waals surface area contributed by atoms with Gasteiger partial charge in [0, 0.05) is 17.8 Å². The molecule has 0 spiro atoms. The van der Waals surface area contributed by atoms with Crippen molar-refractivity contribution in [2.24, 2.45) is 0 Å². The number of hydrogen-bond acceptors (Lipinski definition) is 6. The van der Waals surface area contributed by atoms with Gasteiger partial charge in [0.1, 0.15) is 24.9 Å². The Morgan fingerprint density at radius 1 is 1.19 bits per heavy atom. The number of nitrogens with one attached hydrogen (secondary N) is 1. The Labute approximate surface area is 148 Å². The highest BCUT2D eigenvalue weighted by atomic mass is 16.6. The fraction of sp³-hybridized carbons (Fsp3) is 0.111. The monoisotopic (exact) mass is 351 g/mol. The maximum absolute atomic E-state index is 12.4. The molecule has 2 aromatic rings. The number of nitriles is 1. The molecule has 0 aliphatic carbocycles. The molecule has 0 saturated carbocycles. The Balaban J connectivity index is 1.84. The van der Waals surface area contributed by atoms with Crippen molar-refractivity contribution < 1.29 is 19.2 Å². The van der Waals surface area contributed by atoms with E-state index in [0.29, 0.717) is 30.4 Å². The van der Waals surface area contributed by atoms with Crippen LogP contribution >= 0.6 is 0 Å². The first-order valence-electron chi connectivity index (χ1n) is 7.64. The van der Waals surface area contributed by atoms with E-state index >= 15 is 0 Å². The summed E-state index contributed by atoms with van der Waals surface area (Å²) >= 11 is 0. The molecular weight excluding hydrogens is 338 g/mol. The number of para-hydroxylation sites is 1. The molecule has 8 heteroatoms. The number of rotatable bonds is 4. The number of hydrogen-bond donors (Lipinski definition) is 1. The maximum atomic E-state index is 12.4. The summed E-state index contributed by atoms with van der Waals surface area (Å²) in [4.78, 5) is 22.8. The number of nitrogens with zero attached hydrogens (tertiary/aromatic N) is 2. The van der Waals surface area contributed by atoms with Gasteiger partial charge in [0.05, 0.1) is 10.5 Å². The van der Waals surface area contributed by atoms with E-state index in [1.807, 2.05) is 0 Å². The molecule has 1 heterocycles. The Bertz CT molecular complexity index is 946. The van der Waals surface area contributed by atoms with Crippen LogP contribution in [0.1, 0.15) is 5.56 Å². The third-order valence-electron chi connectivity index (χ3n) is 3.60. The summed E-state index contributed by atoms with van der Waals surface area (Å²) in [6.45, 7) is 0.862. The number of anilines is 1. The van der Waals surface area contributed by atoms with Crippen molar-refractivity contribution in [3.63, 3.8) is 0 Å². The molecule has 2 aromatic carbocycles. The first-order valence-corrected chi connectivity index (χ1v) is 7.64. The minimum absolute atomic E-state index is 0.173. The maximum Gasteiger partial charge on any atom is 0.276 e. The van der Waals surface area contributed by atoms with Crippen LogP contribution < -0.4 is 14.8 Å². The van der Waals surface area contributed by atoms with Crippen LogP contribution in [0.2, 0.25) is 0 Å². The summed E-state index contributed by atoms with van der Waals surface area (Å²) in [6, 6.07) is 12.5. The lowest BCUT2D eigenvalue weighted by Crippen LogP contribution is -2.17. The standard InChI is InChI=1S/C18H13N3O5/c19-11-13(9-12-3-1-2-4-15(12)21(23)24)18(22)20-14-5-6-16-17(10-14)26-8-7-25-16/h1-6,9-10H,7-8H2,(H,20,22). The number of nitro groups is 1. The van der Waals surface area contributed by atoms with E-state index in [1.54, 1.807) is 30.3 Å². The van der Waals surface area contributed by atoms with Crippen LogP contribution in [-0.4, -0.2) is 24.0 Å². The molecule has 8 nitrogen and oxygen atoms in total. The predicted octanol–water partition coefficient (Wildman–Crippen LogP) is 2.91. The Morgan fingerprint density at radius 2 is 1.92 bits per heavy atom. The molecule has 0 saturated heterocycles. The minimum Gasteiger partial charge on any atom is -0.486 e. The summed E-state index contributed by atoms with van der Waals surface area (Å²) in [7, 11) is 0. The van der Waals surface area contributed by atoms with Gasteiger partial charge in [-0.15, -0.1) is 0 Å². The van der Waals surface area contributed by atoms with Crippen LogP contribution in [0, 0.1) is 21.4 Å². The second kappa shape index (κ2) is 7.36. The zero-order chi connectivity index (χ0) is 18.5. The molecule has 0 unspecified atom stereocenters. The lowest BCUT2D eigenvalue weighted by molar-refractivity contribution is -0.385. The molecule has 0 fully saturated rings. The number of carbonyl (C=O) groups is 1. The number of amides is 1. The summed E-state index contributed by atoms with van der Waals surface area (Å²) in [5.74, 6) is 0.391. The summed E-state index contributed by atoms with van der Waals surface area (Å²) in [5.41, 5.74) is 0.149. The first-order chi connectivity index (χ1) is 12.6. The Kier molecular flexibility index (Phi) is 4.80. The molecule has 1 aliphatic heterocycles. The highest BCUT2D eigenvalue weighted by molar-refractivity contribution is 6.10. The number of benzene rings is 2. The smallest absolute Gasteiger partial charge is 0.276 e. The van der Waals surface area contributed by atoms with E-state index < -0.39 is 10.8 Å². The molecule has 0 bridgehead atoms. The van der Waals surface area contributed by atoms with Gasteiger partial charge in [0.25, 0.3) is 11.6 Å². The van der Waals surface area contributed by atoms with Gasteiger partial charge in [-0.1, -0.05) is 12.1 Å². The van der Waals surface area contributed by atoms with Gasteiger partial charge in [-0.2, -0.15) is 5.26 Å². The van der Waals surface area contributed by atoms with Crippen molar-refractivity contribution in [3.8, 4) is 17.6 Å². The summed E-state index contributed by atoms with van der Waals surface area (Å²) < 4.78 is 10.8. The molecule has 0 aromatic heterocycles. The topological polar surface area (TPSA) is 114 Å². The van der Waals surface area contributed by atoms with Crippen molar-refractivity contribution in [1.29, 1.82) is 5.26 Å². The third kappa shape index (κ3) is 3.62. The molecule has 1 N–H and O–H groups in total. The largest absolute Gasteiger partial charge is 0.486 e. The van der Waals surface area contributed by atoms with Crippen molar-refractivity contribution in [1.82, 2.24) is 0 Å². The average molecular weight is 351 g/mol. The first kappa shape index (κ1) is 17.0. The van der Waals surface area contributed by atoms with Crippen molar-refractivity contribution in [2.75, 3.05) is 18.5 Å². The lowest BCUT2D eigenvalue weighted by atomic mass is 10.1. The molecule has 130 valence electrons. The molecule has 26 heavy (non-hydrogen) atoms. The number of fused-ring (bicyclic) bond motifs is 1. The Hall–Kier alpha value is -3.86. The van der Waals surface area contributed by atoms with Crippen molar-refractivity contribution in [2.45, 2.75) is 0 Å².